The number of amides is 4. The zero-order chi connectivity index (χ0) is 39.7. The Kier molecular flexibility index (Phi) is 11.0. The van der Waals surface area contributed by atoms with Gasteiger partial charge in [0.15, 0.2) is 0 Å². The van der Waals surface area contributed by atoms with Crippen molar-refractivity contribution in [2.24, 2.45) is 23.7 Å². The number of likely N-dealkylation sites (tertiary alicyclic amines) is 1. The predicted octanol–water partition coefficient (Wildman–Crippen LogP) is 6.59. The third-order valence-electron chi connectivity index (χ3n) is 11.4. The number of H-pyrrole nitrogens is 2. The first-order valence-electron chi connectivity index (χ1n) is 19.3. The van der Waals surface area contributed by atoms with Crippen molar-refractivity contribution in [3.63, 3.8) is 0 Å². The lowest BCUT2D eigenvalue weighted by Gasteiger charge is -2.33. The Bertz CT molecular complexity index is 2090. The zero-order valence-corrected chi connectivity index (χ0v) is 32.6. The minimum Gasteiger partial charge on any atom is -0.453 e. The van der Waals surface area contributed by atoms with Gasteiger partial charge in [-0.3, -0.25) is 9.59 Å². The molecule has 294 valence electrons. The van der Waals surface area contributed by atoms with Crippen molar-refractivity contribution in [1.82, 2.24) is 40.6 Å². The second-order valence-electron chi connectivity index (χ2n) is 15.5. The van der Waals surface area contributed by atoms with Gasteiger partial charge in [0.25, 0.3) is 0 Å². The highest BCUT2D eigenvalue weighted by Gasteiger charge is 2.51. The molecule has 1 saturated carbocycles. The Morgan fingerprint density at radius 3 is 1.91 bits per heavy atom. The molecule has 1 saturated heterocycles. The fourth-order valence-electron chi connectivity index (χ4n) is 8.46. The number of aromatic nitrogens is 4. The maximum absolute atomic E-state index is 13.9. The number of carbonyl (C=O) groups is 4. The number of nitrogens with zero attached hydrogens (tertiary/aromatic N) is 4. The minimum absolute atomic E-state index is 0.0712. The standard InChI is InChI=1S/C42H50N8O6/c1-23(2)36(47-41(53)55-5)40(52)49-19-7-8-33(49)37-43-21-31(45-37)27-13-9-25(10-14-27)26-11-15-28(16-12-26)32-22-44-38(46-32)34-29-17-18-30(20-29)35(34)39(51)50(24(3)4)48-42(54)56-6/h9-18,21-24,29-30,33-36H,7-8,19-20H2,1-6H3,(H,43,45)(H,44,46)(H,47,53)(H,48,54)/t29?,30?,33-,34?,35?,36-/m0/s1. The van der Waals surface area contributed by atoms with E-state index >= 15 is 0 Å². The SMILES string of the molecule is COC(=O)N[C@H](C(=O)N1CCC[C@H]1c1ncc(-c2ccc(-c3ccc(-c4cnc(C5C6C=CC(C6)C5C(=O)N(NC(=O)OC)C(C)C)[nH]4)cc3)cc2)[nH]1)C(C)C. The maximum atomic E-state index is 13.9. The fourth-order valence-corrected chi connectivity index (χ4v) is 8.46. The third-order valence-corrected chi connectivity index (χ3v) is 11.4. The van der Waals surface area contributed by atoms with Crippen molar-refractivity contribution in [1.29, 1.82) is 0 Å². The van der Waals surface area contributed by atoms with Crippen LogP contribution in [0.15, 0.2) is 73.1 Å². The molecule has 4 aromatic rings. The summed E-state index contributed by atoms with van der Waals surface area (Å²) < 4.78 is 9.53. The van der Waals surface area contributed by atoms with E-state index in [9.17, 15) is 19.2 Å². The number of fused-ring (bicyclic) bond motifs is 2. The topological polar surface area (TPSA) is 175 Å². The van der Waals surface area contributed by atoms with Crippen LogP contribution in [-0.4, -0.2) is 86.7 Å². The second-order valence-corrected chi connectivity index (χ2v) is 15.5. The number of methoxy groups -OCH3 is 2. The molecule has 4 N–H and O–H groups in total. The molecule has 2 fully saturated rings. The van der Waals surface area contributed by atoms with Gasteiger partial charge >= 0.3 is 12.2 Å². The molecule has 56 heavy (non-hydrogen) atoms. The van der Waals surface area contributed by atoms with E-state index < -0.39 is 18.2 Å². The van der Waals surface area contributed by atoms with Crippen molar-refractivity contribution in [2.75, 3.05) is 20.8 Å². The lowest BCUT2D eigenvalue weighted by molar-refractivity contribution is -0.142. The molecule has 2 bridgehead atoms. The van der Waals surface area contributed by atoms with E-state index in [0.717, 1.165) is 64.6 Å². The fraction of sp³-hybridized carbons (Fsp3) is 0.429. The van der Waals surface area contributed by atoms with Gasteiger partial charge < -0.3 is 29.7 Å². The van der Waals surface area contributed by atoms with Crippen LogP contribution >= 0.6 is 0 Å². The number of carbonyl (C=O) groups excluding carboxylic acids is 4. The monoisotopic (exact) mass is 762 g/mol. The summed E-state index contributed by atoms with van der Waals surface area (Å²) >= 11 is 0. The van der Waals surface area contributed by atoms with Gasteiger partial charge in [0.05, 0.1) is 50.0 Å². The highest BCUT2D eigenvalue weighted by atomic mass is 16.5. The van der Waals surface area contributed by atoms with Crippen LogP contribution in [-0.2, 0) is 19.1 Å². The molecule has 3 aliphatic rings. The number of imidazole rings is 2. The Labute approximate surface area is 326 Å². The van der Waals surface area contributed by atoms with Gasteiger partial charge in [-0.25, -0.2) is 30.0 Å². The molecule has 0 radical (unpaired) electrons. The summed E-state index contributed by atoms with van der Waals surface area (Å²) in [5, 5.41) is 4.07. The summed E-state index contributed by atoms with van der Waals surface area (Å²) in [5.41, 5.74) is 8.39. The lowest BCUT2D eigenvalue weighted by Crippen LogP contribution is -2.53. The van der Waals surface area contributed by atoms with Gasteiger partial charge in [-0.1, -0.05) is 74.5 Å². The minimum atomic E-state index is -0.689. The summed E-state index contributed by atoms with van der Waals surface area (Å²) in [6.07, 6.45) is 9.12. The van der Waals surface area contributed by atoms with E-state index in [-0.39, 0.29) is 53.5 Å². The van der Waals surface area contributed by atoms with Crippen LogP contribution in [0.3, 0.4) is 0 Å². The number of alkyl carbamates (subject to hydrolysis) is 1. The molecule has 3 heterocycles. The van der Waals surface area contributed by atoms with Crippen molar-refractivity contribution in [3.8, 4) is 33.6 Å². The number of hydrogen-bond acceptors (Lipinski definition) is 8. The molecule has 2 aromatic heterocycles. The van der Waals surface area contributed by atoms with Crippen LogP contribution in [0.25, 0.3) is 33.6 Å². The Balaban J connectivity index is 1.02. The molecular formula is C42H50N8O6. The molecule has 4 amide bonds. The molecular weight excluding hydrogens is 713 g/mol. The van der Waals surface area contributed by atoms with Crippen LogP contribution in [0.2, 0.25) is 0 Å². The first-order valence-corrected chi connectivity index (χ1v) is 19.3. The Morgan fingerprint density at radius 1 is 0.786 bits per heavy atom. The maximum Gasteiger partial charge on any atom is 0.425 e. The number of nitrogens with one attached hydrogen (secondary N) is 4. The third kappa shape index (κ3) is 7.52. The molecule has 0 spiro atoms. The van der Waals surface area contributed by atoms with Crippen molar-refractivity contribution >= 4 is 24.0 Å². The van der Waals surface area contributed by atoms with Crippen LogP contribution < -0.4 is 10.7 Å². The summed E-state index contributed by atoms with van der Waals surface area (Å²) in [7, 11) is 2.57. The number of ether oxygens (including phenoxy) is 2. The van der Waals surface area contributed by atoms with E-state index in [1.165, 1.54) is 19.2 Å². The number of aromatic amines is 2. The molecule has 2 aliphatic carbocycles. The highest BCUT2D eigenvalue weighted by molar-refractivity contribution is 5.86. The van der Waals surface area contributed by atoms with Crippen molar-refractivity contribution in [2.45, 2.75) is 71.0 Å². The lowest BCUT2D eigenvalue weighted by atomic mass is 9.81. The Morgan fingerprint density at radius 2 is 1.34 bits per heavy atom. The number of rotatable bonds is 10. The number of hydrazine groups is 1. The van der Waals surface area contributed by atoms with Gasteiger partial charge in [0.2, 0.25) is 11.8 Å². The van der Waals surface area contributed by atoms with Gasteiger partial charge in [0, 0.05) is 18.5 Å². The first kappa shape index (κ1) is 38.4. The van der Waals surface area contributed by atoms with E-state index in [4.69, 9.17) is 14.5 Å². The largest absolute Gasteiger partial charge is 0.453 e. The van der Waals surface area contributed by atoms with Gasteiger partial charge in [-0.05, 0) is 73.1 Å². The van der Waals surface area contributed by atoms with Crippen molar-refractivity contribution < 1.29 is 28.7 Å². The second kappa shape index (κ2) is 16.0. The number of hydrogen-bond donors (Lipinski definition) is 4. The summed E-state index contributed by atoms with van der Waals surface area (Å²) in [5.74, 6) is 0.851. The molecule has 14 nitrogen and oxygen atoms in total. The van der Waals surface area contributed by atoms with Gasteiger partial charge in [-0.15, -0.1) is 0 Å². The van der Waals surface area contributed by atoms with E-state index in [1.807, 2.05) is 33.9 Å². The van der Waals surface area contributed by atoms with E-state index in [0.29, 0.717) is 6.54 Å². The average molecular weight is 763 g/mol. The quantitative estimate of drug-likeness (QED) is 0.103. The number of allylic oxidation sites excluding steroid dienone is 2. The smallest absolute Gasteiger partial charge is 0.425 e. The molecule has 2 aromatic carbocycles. The van der Waals surface area contributed by atoms with E-state index in [1.54, 1.807) is 11.1 Å². The van der Waals surface area contributed by atoms with Crippen LogP contribution in [0, 0.1) is 23.7 Å². The zero-order valence-electron chi connectivity index (χ0n) is 32.6. The predicted molar refractivity (Wildman–Crippen MR) is 209 cm³/mol. The normalized spacial score (nSPS) is 21.7. The van der Waals surface area contributed by atoms with Gasteiger partial charge in [-0.2, -0.15) is 0 Å². The van der Waals surface area contributed by atoms with E-state index in [2.05, 4.69) is 86.4 Å². The Hall–Kier alpha value is -5.92. The summed E-state index contributed by atoms with van der Waals surface area (Å²) in [6.45, 7) is 8.11. The molecule has 6 atom stereocenters. The highest BCUT2D eigenvalue weighted by Crippen LogP contribution is 2.53. The molecule has 4 unspecified atom stereocenters. The molecule has 1 aliphatic heterocycles. The van der Waals surface area contributed by atoms with Crippen LogP contribution in [0.4, 0.5) is 9.59 Å². The summed E-state index contributed by atoms with van der Waals surface area (Å²) in [6, 6.07) is 15.4. The van der Waals surface area contributed by atoms with Crippen molar-refractivity contribution in [3.05, 3.63) is 84.7 Å². The number of benzene rings is 2. The summed E-state index contributed by atoms with van der Waals surface area (Å²) in [4.78, 5) is 69.6. The van der Waals surface area contributed by atoms with Crippen LogP contribution in [0.1, 0.15) is 70.6 Å². The van der Waals surface area contributed by atoms with Crippen LogP contribution in [0.5, 0.6) is 0 Å². The molecule has 14 heteroatoms. The first-order chi connectivity index (χ1) is 27.0. The average Bonchev–Trinajstić information content (AvgIpc) is 4.06. The molecule has 7 rings (SSSR count). The van der Waals surface area contributed by atoms with Gasteiger partial charge in [0.1, 0.15) is 17.7 Å².